The Morgan fingerprint density at radius 3 is 2.53 bits per heavy atom. The first-order valence-electron chi connectivity index (χ1n) is 5.19. The molecule has 0 aliphatic carbocycles. The van der Waals surface area contributed by atoms with Crippen molar-refractivity contribution in [3.63, 3.8) is 0 Å². The first kappa shape index (κ1) is 14.8. The van der Waals surface area contributed by atoms with Crippen molar-refractivity contribution in [3.8, 4) is 0 Å². The zero-order valence-corrected chi connectivity index (χ0v) is 10.4. The molecule has 0 bridgehead atoms. The summed E-state index contributed by atoms with van der Waals surface area (Å²) in [6, 6.07) is -1.22. The predicted octanol–water partition coefficient (Wildman–Crippen LogP) is -0.422. The number of nitrogens with one attached hydrogen (secondary N) is 1. The molecule has 19 heavy (non-hydrogen) atoms. The lowest BCUT2D eigenvalue weighted by Gasteiger charge is -2.13. The Bertz CT molecular complexity index is 491. The van der Waals surface area contributed by atoms with Crippen molar-refractivity contribution in [2.45, 2.75) is 18.9 Å². The molecular formula is C10H11ClN4O4. The van der Waals surface area contributed by atoms with Gasteiger partial charge in [-0.15, -0.1) is 0 Å². The number of nitrogens with two attached hydrogens (primary N) is 1. The van der Waals surface area contributed by atoms with E-state index in [0.29, 0.717) is 0 Å². The van der Waals surface area contributed by atoms with Crippen molar-refractivity contribution in [2.24, 2.45) is 5.73 Å². The first-order chi connectivity index (χ1) is 8.90. The molecule has 0 saturated heterocycles. The molecule has 0 aliphatic heterocycles. The number of carboxylic acids is 1. The van der Waals surface area contributed by atoms with Gasteiger partial charge in [-0.1, -0.05) is 11.6 Å². The summed E-state index contributed by atoms with van der Waals surface area (Å²) < 4.78 is 0. The molecule has 1 aromatic heterocycles. The van der Waals surface area contributed by atoms with Crippen molar-refractivity contribution in [1.82, 2.24) is 15.3 Å². The predicted molar refractivity (Wildman–Crippen MR) is 64.4 cm³/mol. The number of rotatable bonds is 6. The number of hydrogen-bond donors (Lipinski definition) is 3. The number of carbonyl (C=O) groups excluding carboxylic acids is 2. The molecule has 8 nitrogen and oxygen atoms in total. The third kappa shape index (κ3) is 4.88. The summed E-state index contributed by atoms with van der Waals surface area (Å²) in [4.78, 5) is 40.5. The molecule has 1 rings (SSSR count). The summed E-state index contributed by atoms with van der Waals surface area (Å²) in [6.07, 6.45) is 2.03. The lowest BCUT2D eigenvalue weighted by atomic mass is 10.1. The van der Waals surface area contributed by atoms with Gasteiger partial charge in [0.1, 0.15) is 16.9 Å². The number of hydrogen-bond acceptors (Lipinski definition) is 5. The molecule has 0 aromatic carbocycles. The van der Waals surface area contributed by atoms with Gasteiger partial charge in [-0.05, 0) is 6.42 Å². The SMILES string of the molecule is NC(=O)CC[C@@H](NC(=O)c1cnc(Cl)cn1)C(=O)O. The highest BCUT2D eigenvalue weighted by Crippen LogP contribution is 2.03. The minimum atomic E-state index is -1.27. The average molecular weight is 287 g/mol. The number of carbonyl (C=O) groups is 3. The van der Waals surface area contributed by atoms with Crippen molar-refractivity contribution in [1.29, 1.82) is 0 Å². The Hall–Kier alpha value is -2.22. The maximum atomic E-state index is 11.7. The number of nitrogens with zero attached hydrogens (tertiary/aromatic N) is 2. The fourth-order valence-electron chi connectivity index (χ4n) is 1.21. The summed E-state index contributed by atoms with van der Waals surface area (Å²) in [7, 11) is 0. The minimum absolute atomic E-state index is 0.0743. The fraction of sp³-hybridized carbons (Fsp3) is 0.300. The number of aliphatic carboxylic acids is 1. The molecule has 0 saturated carbocycles. The molecule has 4 N–H and O–H groups in total. The van der Waals surface area contributed by atoms with Crippen LogP contribution in [0.2, 0.25) is 5.15 Å². The monoisotopic (exact) mass is 286 g/mol. The molecule has 102 valence electrons. The Labute approximate surface area is 113 Å². The standard InChI is InChI=1S/C10H11ClN4O4/c11-7-4-13-6(3-14-7)9(17)15-5(10(18)19)1-2-8(12)16/h3-5H,1-2H2,(H2,12,16)(H,15,17)(H,18,19)/t5-/m1/s1. The van der Waals surface area contributed by atoms with E-state index in [4.69, 9.17) is 22.4 Å². The molecule has 0 radical (unpaired) electrons. The van der Waals surface area contributed by atoms with E-state index in [9.17, 15) is 14.4 Å². The van der Waals surface area contributed by atoms with Gasteiger partial charge in [0.05, 0.1) is 12.4 Å². The molecule has 2 amide bonds. The van der Waals surface area contributed by atoms with Crippen LogP contribution in [0.15, 0.2) is 12.4 Å². The van der Waals surface area contributed by atoms with Crippen molar-refractivity contribution in [2.75, 3.05) is 0 Å². The van der Waals surface area contributed by atoms with Gasteiger partial charge < -0.3 is 16.2 Å². The van der Waals surface area contributed by atoms with Gasteiger partial charge in [0.15, 0.2) is 0 Å². The Morgan fingerprint density at radius 2 is 2.05 bits per heavy atom. The average Bonchev–Trinajstić information content (AvgIpc) is 2.34. The Balaban J connectivity index is 2.68. The van der Waals surface area contributed by atoms with E-state index in [-0.39, 0.29) is 23.7 Å². The molecule has 1 heterocycles. The van der Waals surface area contributed by atoms with Crippen molar-refractivity contribution < 1.29 is 19.5 Å². The van der Waals surface area contributed by atoms with Crippen LogP contribution < -0.4 is 11.1 Å². The highest BCUT2D eigenvalue weighted by molar-refractivity contribution is 6.29. The molecule has 0 aliphatic rings. The summed E-state index contributed by atoms with van der Waals surface area (Å²) in [6.45, 7) is 0. The van der Waals surface area contributed by atoms with Crippen molar-refractivity contribution >= 4 is 29.4 Å². The van der Waals surface area contributed by atoms with Crippen LogP contribution in [0.3, 0.4) is 0 Å². The zero-order chi connectivity index (χ0) is 14.4. The Morgan fingerprint density at radius 1 is 1.37 bits per heavy atom. The van der Waals surface area contributed by atoms with Crippen LogP contribution in [0.1, 0.15) is 23.3 Å². The van der Waals surface area contributed by atoms with E-state index >= 15 is 0 Å². The zero-order valence-electron chi connectivity index (χ0n) is 9.67. The first-order valence-corrected chi connectivity index (χ1v) is 5.57. The van der Waals surface area contributed by atoms with E-state index in [1.54, 1.807) is 0 Å². The number of aromatic nitrogens is 2. The van der Waals surface area contributed by atoms with Crippen molar-refractivity contribution in [3.05, 3.63) is 23.2 Å². The quantitative estimate of drug-likeness (QED) is 0.650. The minimum Gasteiger partial charge on any atom is -0.480 e. The molecular weight excluding hydrogens is 276 g/mol. The topological polar surface area (TPSA) is 135 Å². The summed E-state index contributed by atoms with van der Waals surface area (Å²) in [5.74, 6) is -2.63. The number of carboxylic acid groups (broad SMARTS) is 1. The second kappa shape index (κ2) is 6.64. The normalized spacial score (nSPS) is 11.6. The van der Waals surface area contributed by atoms with E-state index in [2.05, 4.69) is 15.3 Å². The number of halogens is 1. The van der Waals surface area contributed by atoms with Gasteiger partial charge in [0.25, 0.3) is 5.91 Å². The van der Waals surface area contributed by atoms with E-state index in [0.717, 1.165) is 12.4 Å². The third-order valence-electron chi connectivity index (χ3n) is 2.14. The smallest absolute Gasteiger partial charge is 0.326 e. The summed E-state index contributed by atoms with van der Waals surface area (Å²) in [5, 5.41) is 11.2. The van der Waals surface area contributed by atoms with Gasteiger partial charge in [-0.3, -0.25) is 9.59 Å². The van der Waals surface area contributed by atoms with E-state index in [1.807, 2.05) is 0 Å². The van der Waals surface area contributed by atoms with Crippen LogP contribution in [0, 0.1) is 0 Å². The number of primary amides is 1. The maximum Gasteiger partial charge on any atom is 0.326 e. The van der Waals surface area contributed by atoms with Crippen LogP contribution in [0.4, 0.5) is 0 Å². The summed E-state index contributed by atoms with van der Waals surface area (Å²) >= 11 is 5.51. The molecule has 0 unspecified atom stereocenters. The molecule has 0 spiro atoms. The van der Waals surface area contributed by atoms with Crippen LogP contribution in [-0.4, -0.2) is 38.9 Å². The van der Waals surface area contributed by atoms with Crippen LogP contribution >= 0.6 is 11.6 Å². The molecule has 1 aromatic rings. The lowest BCUT2D eigenvalue weighted by molar-refractivity contribution is -0.139. The summed E-state index contributed by atoms with van der Waals surface area (Å²) in [5.41, 5.74) is 4.84. The number of amides is 2. The second-order valence-corrected chi connectivity index (χ2v) is 3.98. The van der Waals surface area contributed by atoms with Gasteiger partial charge in [0.2, 0.25) is 5.91 Å². The highest BCUT2D eigenvalue weighted by Gasteiger charge is 2.21. The van der Waals surface area contributed by atoms with E-state index in [1.165, 1.54) is 0 Å². The van der Waals surface area contributed by atoms with Gasteiger partial charge in [-0.2, -0.15) is 0 Å². The molecule has 1 atom stereocenters. The van der Waals surface area contributed by atoms with Gasteiger partial charge >= 0.3 is 5.97 Å². The largest absolute Gasteiger partial charge is 0.480 e. The molecule has 9 heteroatoms. The van der Waals surface area contributed by atoms with Crippen LogP contribution in [-0.2, 0) is 9.59 Å². The van der Waals surface area contributed by atoms with Crippen LogP contribution in [0.25, 0.3) is 0 Å². The third-order valence-corrected chi connectivity index (χ3v) is 2.33. The fourth-order valence-corrected chi connectivity index (χ4v) is 1.30. The Kier molecular flexibility index (Phi) is 5.19. The maximum absolute atomic E-state index is 11.7. The lowest BCUT2D eigenvalue weighted by Crippen LogP contribution is -2.41. The highest BCUT2D eigenvalue weighted by atomic mass is 35.5. The van der Waals surface area contributed by atoms with E-state index < -0.39 is 23.8 Å². The second-order valence-electron chi connectivity index (χ2n) is 3.59. The van der Waals surface area contributed by atoms with Gasteiger partial charge in [0, 0.05) is 6.42 Å². The molecule has 0 fully saturated rings. The van der Waals surface area contributed by atoms with Crippen LogP contribution in [0.5, 0.6) is 0 Å². The van der Waals surface area contributed by atoms with Gasteiger partial charge in [-0.25, -0.2) is 14.8 Å².